The highest BCUT2D eigenvalue weighted by molar-refractivity contribution is 6.42. The van der Waals surface area contributed by atoms with Crippen molar-refractivity contribution in [3.63, 3.8) is 0 Å². The molecule has 24 heavy (non-hydrogen) atoms. The number of rotatable bonds is 6. The van der Waals surface area contributed by atoms with Crippen molar-refractivity contribution in [2.45, 2.75) is 19.4 Å². The van der Waals surface area contributed by atoms with Gasteiger partial charge in [0.1, 0.15) is 0 Å². The Labute approximate surface area is 151 Å². The molecular formula is C18H19Cl2NO3. The zero-order valence-electron chi connectivity index (χ0n) is 13.7. The Bertz CT molecular complexity index is 734. The van der Waals surface area contributed by atoms with Gasteiger partial charge in [-0.3, -0.25) is 4.79 Å². The maximum Gasteiger partial charge on any atom is 0.224 e. The summed E-state index contributed by atoms with van der Waals surface area (Å²) < 4.78 is 10.4. The Morgan fingerprint density at radius 2 is 1.75 bits per heavy atom. The lowest BCUT2D eigenvalue weighted by Crippen LogP contribution is -2.28. The minimum Gasteiger partial charge on any atom is -0.493 e. The second-order valence-electron chi connectivity index (χ2n) is 5.33. The van der Waals surface area contributed by atoms with E-state index < -0.39 is 0 Å². The van der Waals surface area contributed by atoms with Gasteiger partial charge in [0.05, 0.1) is 36.7 Å². The van der Waals surface area contributed by atoms with Crippen LogP contribution in [0.2, 0.25) is 10.0 Å². The van der Waals surface area contributed by atoms with E-state index in [2.05, 4.69) is 5.32 Å². The van der Waals surface area contributed by atoms with Crippen molar-refractivity contribution >= 4 is 29.1 Å². The van der Waals surface area contributed by atoms with Gasteiger partial charge in [0.2, 0.25) is 5.91 Å². The molecule has 1 atom stereocenters. The molecule has 1 amide bonds. The summed E-state index contributed by atoms with van der Waals surface area (Å²) in [5.74, 6) is 1.13. The number of halogens is 2. The number of hydrogen-bond donors (Lipinski definition) is 1. The zero-order valence-corrected chi connectivity index (χ0v) is 15.2. The van der Waals surface area contributed by atoms with Gasteiger partial charge in [0.25, 0.3) is 0 Å². The Balaban J connectivity index is 2.03. The van der Waals surface area contributed by atoms with Gasteiger partial charge in [0, 0.05) is 0 Å². The van der Waals surface area contributed by atoms with E-state index in [4.69, 9.17) is 32.7 Å². The first-order valence-electron chi connectivity index (χ1n) is 7.39. The lowest BCUT2D eigenvalue weighted by molar-refractivity contribution is -0.121. The fourth-order valence-corrected chi connectivity index (χ4v) is 2.64. The number of ether oxygens (including phenoxy) is 2. The van der Waals surface area contributed by atoms with Crippen LogP contribution < -0.4 is 14.8 Å². The van der Waals surface area contributed by atoms with Gasteiger partial charge in [0.15, 0.2) is 11.5 Å². The number of carbonyl (C=O) groups excluding carboxylic acids is 1. The minimum atomic E-state index is -0.174. The fraction of sp³-hybridized carbons (Fsp3) is 0.278. The van der Waals surface area contributed by atoms with E-state index in [9.17, 15) is 4.79 Å². The van der Waals surface area contributed by atoms with E-state index in [1.54, 1.807) is 38.5 Å². The van der Waals surface area contributed by atoms with Gasteiger partial charge in [-0.15, -0.1) is 0 Å². The second-order valence-corrected chi connectivity index (χ2v) is 6.14. The van der Waals surface area contributed by atoms with E-state index in [0.29, 0.717) is 21.5 Å². The molecule has 0 radical (unpaired) electrons. The van der Waals surface area contributed by atoms with Crippen LogP contribution in [0.3, 0.4) is 0 Å². The zero-order chi connectivity index (χ0) is 17.7. The minimum absolute atomic E-state index is 0.0965. The molecule has 0 unspecified atom stereocenters. The lowest BCUT2D eigenvalue weighted by atomic mass is 10.1. The number of benzene rings is 2. The second kappa shape index (κ2) is 8.27. The van der Waals surface area contributed by atoms with Crippen LogP contribution in [-0.2, 0) is 11.2 Å². The Kier molecular flexibility index (Phi) is 6.35. The van der Waals surface area contributed by atoms with Crippen molar-refractivity contribution < 1.29 is 14.3 Å². The van der Waals surface area contributed by atoms with Gasteiger partial charge in [-0.05, 0) is 42.3 Å². The molecule has 2 rings (SSSR count). The summed E-state index contributed by atoms with van der Waals surface area (Å²) in [5, 5.41) is 3.90. The Hall–Kier alpha value is -1.91. The highest BCUT2D eigenvalue weighted by Crippen LogP contribution is 2.28. The third-order valence-corrected chi connectivity index (χ3v) is 4.37. The van der Waals surface area contributed by atoms with E-state index in [-0.39, 0.29) is 18.4 Å². The molecule has 0 aliphatic rings. The molecule has 0 aliphatic heterocycles. The molecule has 6 heteroatoms. The van der Waals surface area contributed by atoms with Crippen molar-refractivity contribution in [3.05, 3.63) is 57.6 Å². The average molecular weight is 368 g/mol. The normalized spacial score (nSPS) is 11.7. The predicted octanol–water partition coefficient (Wildman–Crippen LogP) is 4.43. The van der Waals surface area contributed by atoms with Gasteiger partial charge < -0.3 is 14.8 Å². The molecule has 0 saturated carbocycles. The van der Waals surface area contributed by atoms with Crippen LogP contribution in [0.4, 0.5) is 0 Å². The maximum absolute atomic E-state index is 12.3. The Morgan fingerprint density at radius 1 is 1.04 bits per heavy atom. The molecule has 0 fully saturated rings. The monoisotopic (exact) mass is 367 g/mol. The van der Waals surface area contributed by atoms with Gasteiger partial charge >= 0.3 is 0 Å². The van der Waals surface area contributed by atoms with Crippen LogP contribution in [0.5, 0.6) is 11.5 Å². The van der Waals surface area contributed by atoms with Gasteiger partial charge in [-0.25, -0.2) is 0 Å². The SMILES string of the molecule is COc1ccc(CC(=O)N[C@@H](C)c2ccc(Cl)c(Cl)c2)cc1OC. The summed E-state index contributed by atoms with van der Waals surface area (Å²) in [6.45, 7) is 1.89. The van der Waals surface area contributed by atoms with Crippen molar-refractivity contribution in [1.82, 2.24) is 5.32 Å². The third-order valence-electron chi connectivity index (χ3n) is 3.63. The largest absolute Gasteiger partial charge is 0.493 e. The first kappa shape index (κ1) is 18.4. The third kappa shape index (κ3) is 4.56. The molecule has 0 heterocycles. The molecule has 0 spiro atoms. The summed E-state index contributed by atoms with van der Waals surface area (Å²) in [5.41, 5.74) is 1.73. The average Bonchev–Trinajstić information content (AvgIpc) is 2.56. The van der Waals surface area contributed by atoms with Crippen LogP contribution in [0.1, 0.15) is 24.1 Å². The number of methoxy groups -OCH3 is 2. The molecule has 2 aromatic rings. The predicted molar refractivity (Wildman–Crippen MR) is 96.3 cm³/mol. The summed E-state index contributed by atoms with van der Waals surface area (Å²) in [6.07, 6.45) is 0.242. The number of amides is 1. The molecule has 0 aliphatic carbocycles. The Morgan fingerprint density at radius 3 is 2.38 bits per heavy atom. The van der Waals surface area contributed by atoms with Crippen molar-refractivity contribution in [2.24, 2.45) is 0 Å². The van der Waals surface area contributed by atoms with E-state index >= 15 is 0 Å². The first-order valence-corrected chi connectivity index (χ1v) is 8.15. The molecular weight excluding hydrogens is 349 g/mol. The summed E-state index contributed by atoms with van der Waals surface area (Å²) in [4.78, 5) is 12.3. The van der Waals surface area contributed by atoms with E-state index in [1.165, 1.54) is 0 Å². The van der Waals surface area contributed by atoms with Gasteiger partial charge in [-0.1, -0.05) is 35.3 Å². The lowest BCUT2D eigenvalue weighted by Gasteiger charge is -2.15. The topological polar surface area (TPSA) is 47.6 Å². The van der Waals surface area contributed by atoms with E-state index in [0.717, 1.165) is 11.1 Å². The molecule has 0 aromatic heterocycles. The number of nitrogens with one attached hydrogen (secondary N) is 1. The maximum atomic E-state index is 12.3. The van der Waals surface area contributed by atoms with Crippen LogP contribution in [0, 0.1) is 0 Å². The van der Waals surface area contributed by atoms with Crippen molar-refractivity contribution in [1.29, 1.82) is 0 Å². The van der Waals surface area contributed by atoms with Crippen LogP contribution in [0.25, 0.3) is 0 Å². The van der Waals surface area contributed by atoms with Crippen molar-refractivity contribution in [3.8, 4) is 11.5 Å². The molecule has 4 nitrogen and oxygen atoms in total. The highest BCUT2D eigenvalue weighted by Gasteiger charge is 2.13. The fourth-order valence-electron chi connectivity index (χ4n) is 2.33. The summed E-state index contributed by atoms with van der Waals surface area (Å²) in [7, 11) is 3.14. The standard InChI is InChI=1S/C18H19Cl2NO3/c1-11(13-5-6-14(19)15(20)10-13)21-18(22)9-12-4-7-16(23-2)17(8-12)24-3/h4-8,10-11H,9H2,1-3H3,(H,21,22)/t11-/m0/s1. The molecule has 0 bridgehead atoms. The molecule has 1 N–H and O–H groups in total. The van der Waals surface area contributed by atoms with Crippen LogP contribution >= 0.6 is 23.2 Å². The smallest absolute Gasteiger partial charge is 0.224 e. The summed E-state index contributed by atoms with van der Waals surface area (Å²) in [6, 6.07) is 10.6. The van der Waals surface area contributed by atoms with Gasteiger partial charge in [-0.2, -0.15) is 0 Å². The number of carbonyl (C=O) groups is 1. The van der Waals surface area contributed by atoms with Crippen LogP contribution in [-0.4, -0.2) is 20.1 Å². The molecule has 0 saturated heterocycles. The first-order chi connectivity index (χ1) is 11.4. The molecule has 2 aromatic carbocycles. The van der Waals surface area contributed by atoms with E-state index in [1.807, 2.05) is 19.1 Å². The quantitative estimate of drug-likeness (QED) is 0.821. The number of hydrogen-bond acceptors (Lipinski definition) is 3. The van der Waals surface area contributed by atoms with Crippen LogP contribution in [0.15, 0.2) is 36.4 Å². The molecule has 128 valence electrons. The highest BCUT2D eigenvalue weighted by atomic mass is 35.5. The van der Waals surface area contributed by atoms with Crippen molar-refractivity contribution in [2.75, 3.05) is 14.2 Å². The summed E-state index contributed by atoms with van der Waals surface area (Å²) >= 11 is 11.9.